The molecule has 1 heterocycles. The van der Waals surface area contributed by atoms with E-state index in [0.29, 0.717) is 16.6 Å². The summed E-state index contributed by atoms with van der Waals surface area (Å²) in [6.07, 6.45) is 2.61. The summed E-state index contributed by atoms with van der Waals surface area (Å²) in [6.45, 7) is 2.18. The van der Waals surface area contributed by atoms with Crippen LogP contribution in [0.25, 0.3) is 0 Å². The Morgan fingerprint density at radius 3 is 2.76 bits per heavy atom. The van der Waals surface area contributed by atoms with Gasteiger partial charge in [-0.2, -0.15) is 0 Å². The van der Waals surface area contributed by atoms with E-state index in [1.807, 2.05) is 6.07 Å². The lowest BCUT2D eigenvalue weighted by molar-refractivity contribution is 0.0833. The molecule has 1 saturated carbocycles. The molecule has 1 atom stereocenters. The summed E-state index contributed by atoms with van der Waals surface area (Å²) < 4.78 is 0. The fourth-order valence-corrected chi connectivity index (χ4v) is 2.88. The minimum absolute atomic E-state index is 0.0281. The van der Waals surface area contributed by atoms with E-state index in [1.54, 1.807) is 19.0 Å². The molecule has 0 bridgehead atoms. The van der Waals surface area contributed by atoms with E-state index in [2.05, 4.69) is 12.2 Å². The molecule has 1 unspecified atom stereocenters. The zero-order chi connectivity index (χ0) is 12.6. The van der Waals surface area contributed by atoms with Crippen molar-refractivity contribution in [2.24, 2.45) is 5.92 Å². The van der Waals surface area contributed by atoms with Crippen LogP contribution in [0.2, 0.25) is 0 Å². The smallest absolute Gasteiger partial charge is 0.265 e. The van der Waals surface area contributed by atoms with Gasteiger partial charge < -0.3 is 16.0 Å². The molecule has 4 nitrogen and oxygen atoms in total. The molecular weight excluding hydrogens is 234 g/mol. The molecule has 94 valence electrons. The van der Waals surface area contributed by atoms with Crippen molar-refractivity contribution in [3.8, 4) is 0 Å². The predicted octanol–water partition coefficient (Wildman–Crippen LogP) is 2.24. The van der Waals surface area contributed by atoms with E-state index < -0.39 is 0 Å². The molecule has 2 rings (SSSR count). The monoisotopic (exact) mass is 253 g/mol. The van der Waals surface area contributed by atoms with Crippen molar-refractivity contribution in [1.82, 2.24) is 4.90 Å². The molecule has 0 radical (unpaired) electrons. The maximum Gasteiger partial charge on any atom is 0.265 e. The number of amides is 1. The second-order valence-corrected chi connectivity index (χ2v) is 5.92. The zero-order valence-electron chi connectivity index (χ0n) is 10.5. The Morgan fingerprint density at radius 1 is 1.59 bits per heavy atom. The van der Waals surface area contributed by atoms with Gasteiger partial charge in [0.25, 0.3) is 5.91 Å². The molecule has 3 N–H and O–H groups in total. The Morgan fingerprint density at radius 2 is 2.24 bits per heavy atom. The molecule has 1 aromatic rings. The van der Waals surface area contributed by atoms with Gasteiger partial charge in [0.1, 0.15) is 4.88 Å². The number of carbonyl (C=O) groups excluding carboxylic acids is 1. The summed E-state index contributed by atoms with van der Waals surface area (Å²) >= 11 is 1.44. The Bertz CT molecular complexity index is 423. The van der Waals surface area contributed by atoms with Crippen LogP contribution < -0.4 is 11.1 Å². The molecule has 1 aromatic heterocycles. The molecule has 17 heavy (non-hydrogen) atoms. The Balaban J connectivity index is 2.09. The molecular formula is C12H19N3OS. The van der Waals surface area contributed by atoms with Gasteiger partial charge in [0, 0.05) is 20.1 Å². The van der Waals surface area contributed by atoms with Crippen LogP contribution in [0.3, 0.4) is 0 Å². The van der Waals surface area contributed by atoms with Gasteiger partial charge in [-0.05, 0) is 31.7 Å². The molecule has 0 spiro atoms. The number of nitrogens with one attached hydrogen (secondary N) is 1. The summed E-state index contributed by atoms with van der Waals surface area (Å²) in [5.41, 5.74) is 6.44. The average Bonchev–Trinajstić information content (AvgIpc) is 3.03. The lowest BCUT2D eigenvalue weighted by atomic mass is 10.2. The van der Waals surface area contributed by atoms with E-state index in [9.17, 15) is 4.79 Å². The standard InChI is InChI=1S/C12H19N3OS/c1-7(8-4-5-8)14-10-6-9(13)11(17-10)12(16)15(2)3/h6-8,14H,4-5,13H2,1-3H3. The van der Waals surface area contributed by atoms with Crippen molar-refractivity contribution in [1.29, 1.82) is 0 Å². The van der Waals surface area contributed by atoms with Gasteiger partial charge >= 0.3 is 0 Å². The van der Waals surface area contributed by atoms with Gasteiger partial charge in [-0.25, -0.2) is 0 Å². The lowest BCUT2D eigenvalue weighted by Gasteiger charge is -2.11. The molecule has 1 fully saturated rings. The summed E-state index contributed by atoms with van der Waals surface area (Å²) in [7, 11) is 3.48. The van der Waals surface area contributed by atoms with Crippen molar-refractivity contribution in [3.05, 3.63) is 10.9 Å². The van der Waals surface area contributed by atoms with Crippen LogP contribution in [-0.2, 0) is 0 Å². The average molecular weight is 253 g/mol. The molecule has 1 aliphatic rings. The van der Waals surface area contributed by atoms with Gasteiger partial charge in [-0.1, -0.05) is 0 Å². The summed E-state index contributed by atoms with van der Waals surface area (Å²) in [4.78, 5) is 14.0. The largest absolute Gasteiger partial charge is 0.397 e. The van der Waals surface area contributed by atoms with E-state index >= 15 is 0 Å². The van der Waals surface area contributed by atoms with Crippen molar-refractivity contribution in [2.75, 3.05) is 25.1 Å². The molecule has 1 amide bonds. The van der Waals surface area contributed by atoms with Gasteiger partial charge in [-0.3, -0.25) is 4.79 Å². The SMILES string of the molecule is CC(Nc1cc(N)c(C(=O)N(C)C)s1)C1CC1. The third kappa shape index (κ3) is 2.72. The number of hydrogen-bond acceptors (Lipinski definition) is 4. The van der Waals surface area contributed by atoms with Crippen LogP contribution in [0.5, 0.6) is 0 Å². The highest BCUT2D eigenvalue weighted by atomic mass is 32.1. The highest BCUT2D eigenvalue weighted by Gasteiger charge is 2.28. The Kier molecular flexibility index (Phi) is 3.28. The van der Waals surface area contributed by atoms with Crippen molar-refractivity contribution >= 4 is 27.9 Å². The number of nitrogens with two attached hydrogens (primary N) is 1. The zero-order valence-corrected chi connectivity index (χ0v) is 11.3. The first kappa shape index (κ1) is 12.2. The lowest BCUT2D eigenvalue weighted by Crippen LogP contribution is -2.21. The Labute approximate surface area is 106 Å². The number of rotatable bonds is 4. The normalized spacial score (nSPS) is 16.6. The van der Waals surface area contributed by atoms with Crippen molar-refractivity contribution < 1.29 is 4.79 Å². The third-order valence-corrected chi connectivity index (χ3v) is 4.13. The maximum atomic E-state index is 11.8. The number of nitrogen functional groups attached to an aromatic ring is 1. The molecule has 5 heteroatoms. The fourth-order valence-electron chi connectivity index (χ4n) is 1.78. The molecule has 0 saturated heterocycles. The number of anilines is 2. The summed E-state index contributed by atoms with van der Waals surface area (Å²) in [5.74, 6) is 0.756. The fraction of sp³-hybridized carbons (Fsp3) is 0.583. The maximum absolute atomic E-state index is 11.8. The first-order valence-electron chi connectivity index (χ1n) is 5.86. The van der Waals surface area contributed by atoms with Crippen LogP contribution in [0.1, 0.15) is 29.4 Å². The summed E-state index contributed by atoms with van der Waals surface area (Å²) in [6, 6.07) is 2.33. The van der Waals surface area contributed by atoms with Crippen molar-refractivity contribution in [2.45, 2.75) is 25.8 Å². The number of thiophene rings is 1. The quantitative estimate of drug-likeness (QED) is 0.865. The van der Waals surface area contributed by atoms with Crippen LogP contribution >= 0.6 is 11.3 Å². The Hall–Kier alpha value is -1.23. The minimum Gasteiger partial charge on any atom is -0.397 e. The van der Waals surface area contributed by atoms with E-state index in [1.165, 1.54) is 24.2 Å². The van der Waals surface area contributed by atoms with Gasteiger partial charge in [0.15, 0.2) is 0 Å². The molecule has 0 aliphatic heterocycles. The van der Waals surface area contributed by atoms with Crippen LogP contribution in [0.15, 0.2) is 6.07 Å². The molecule has 1 aliphatic carbocycles. The second kappa shape index (κ2) is 4.56. The first-order valence-corrected chi connectivity index (χ1v) is 6.68. The van der Waals surface area contributed by atoms with Gasteiger partial charge in [-0.15, -0.1) is 11.3 Å². The first-order chi connectivity index (χ1) is 7.99. The predicted molar refractivity (Wildman–Crippen MR) is 72.6 cm³/mol. The van der Waals surface area contributed by atoms with Crippen LogP contribution in [0.4, 0.5) is 10.7 Å². The van der Waals surface area contributed by atoms with E-state index in [4.69, 9.17) is 5.73 Å². The number of carbonyl (C=O) groups is 1. The van der Waals surface area contributed by atoms with Crippen LogP contribution in [0, 0.1) is 5.92 Å². The summed E-state index contributed by atoms with van der Waals surface area (Å²) in [5, 5.41) is 4.42. The van der Waals surface area contributed by atoms with Crippen molar-refractivity contribution in [3.63, 3.8) is 0 Å². The number of nitrogens with zero attached hydrogens (tertiary/aromatic N) is 1. The topological polar surface area (TPSA) is 58.4 Å². The van der Waals surface area contributed by atoms with Gasteiger partial charge in [0.05, 0.1) is 10.7 Å². The highest BCUT2D eigenvalue weighted by molar-refractivity contribution is 7.18. The minimum atomic E-state index is -0.0281. The second-order valence-electron chi connectivity index (χ2n) is 4.87. The third-order valence-electron chi connectivity index (χ3n) is 3.06. The number of hydrogen-bond donors (Lipinski definition) is 2. The van der Waals surface area contributed by atoms with Crippen LogP contribution in [-0.4, -0.2) is 30.9 Å². The van der Waals surface area contributed by atoms with E-state index in [-0.39, 0.29) is 5.91 Å². The molecule has 0 aromatic carbocycles. The highest BCUT2D eigenvalue weighted by Crippen LogP contribution is 2.36. The van der Waals surface area contributed by atoms with Gasteiger partial charge in [0.2, 0.25) is 0 Å². The van der Waals surface area contributed by atoms with E-state index in [0.717, 1.165) is 10.9 Å².